The van der Waals surface area contributed by atoms with E-state index in [1.807, 2.05) is 24.3 Å². The molecule has 54 heavy (non-hydrogen) atoms. The first-order valence-corrected chi connectivity index (χ1v) is 25.0. The van der Waals surface area contributed by atoms with Gasteiger partial charge in [0.05, 0.1) is 0 Å². The van der Waals surface area contributed by atoms with Crippen LogP contribution in [0, 0.1) is 19.2 Å². The average Bonchev–Trinajstić information content (AvgIpc) is 3.82. The van der Waals surface area contributed by atoms with Crippen molar-refractivity contribution in [1.29, 1.82) is 0 Å². The smallest absolute Gasteiger partial charge is 0 e. The van der Waals surface area contributed by atoms with Gasteiger partial charge < -0.3 is 4.98 Å². The molecule has 0 saturated heterocycles. The van der Waals surface area contributed by atoms with Crippen molar-refractivity contribution >= 4 is 39.7 Å². The van der Waals surface area contributed by atoms with Gasteiger partial charge in [-0.2, -0.15) is 0 Å². The second-order valence-electron chi connectivity index (χ2n) is 13.9. The van der Waals surface area contributed by atoms with Crippen LogP contribution >= 0.6 is 0 Å². The molecule has 0 aliphatic heterocycles. The second-order valence-corrected chi connectivity index (χ2v) is 24.6. The zero-order valence-electron chi connectivity index (χ0n) is 33.2. The van der Waals surface area contributed by atoms with Gasteiger partial charge in [0.15, 0.2) is 0 Å². The standard InChI is InChI=1S/C36H29GeN2O.C12H10N.Ir/c1-37(2,3)27-21-22-34-30(23-27)31(24-40-34)36-38-32-19-10-11-20-33(32)39(36)35-28(25-13-6-4-7-14-25)17-12-18-29(35)26-15-8-5-9-16-26;1-10-7-8-12(13-9-10)11-5-3-2-4-6-11;/h4-23H,1-3H3;2-5,7-9H,1H3;/q2*-1;/i;1D3;. The Morgan fingerprint density at radius 1 is 0.704 bits per heavy atom. The minimum Gasteiger partial charge on any atom is 0 e. The SMILES string of the molecule is [2H]C([2H])([2H])c1ccc(-c2[c-]cccc2)nc1.[CH3][Ge]([CH3])([CH3])[c]1ccc2o[c-]c(-c3nc4ccccc4n3-c3c(-c4ccccc4)cccc3-c3ccccc3)c2c1.[Ir]. The van der Waals surface area contributed by atoms with E-state index in [0.29, 0.717) is 0 Å². The van der Waals surface area contributed by atoms with Gasteiger partial charge in [-0.25, -0.2) is 0 Å². The summed E-state index contributed by atoms with van der Waals surface area (Å²) in [6.07, 6.45) is 4.65. The number of aryl methyl sites for hydroxylation is 1. The Balaban J connectivity index is 0.000000246. The molecule has 0 fully saturated rings. The minimum absolute atomic E-state index is 0. The monoisotopic (exact) mass is 943 g/mol. The van der Waals surface area contributed by atoms with E-state index < -0.39 is 20.1 Å². The van der Waals surface area contributed by atoms with E-state index >= 15 is 0 Å². The van der Waals surface area contributed by atoms with E-state index in [4.69, 9.17) is 13.5 Å². The summed E-state index contributed by atoms with van der Waals surface area (Å²) in [5, 5.41) is 1.06. The number of rotatable bonds is 6. The number of furan rings is 1. The maximum absolute atomic E-state index is 7.23. The molecule has 4 nitrogen and oxygen atoms in total. The summed E-state index contributed by atoms with van der Waals surface area (Å²) < 4.78 is 31.5. The number of benzene rings is 6. The summed E-state index contributed by atoms with van der Waals surface area (Å²) >= 11 is -2.09. The number of nitrogens with zero attached hydrogens (tertiary/aromatic N) is 3. The van der Waals surface area contributed by atoms with E-state index in [1.165, 1.54) is 10.6 Å². The van der Waals surface area contributed by atoms with Gasteiger partial charge in [-0.05, 0) is 18.1 Å². The molecule has 0 saturated carbocycles. The molecular weight excluding hydrogens is 899 g/mol. The summed E-state index contributed by atoms with van der Waals surface area (Å²) in [6, 6.07) is 56.5. The average molecular weight is 942 g/mol. The molecule has 0 bridgehead atoms. The van der Waals surface area contributed by atoms with Crippen LogP contribution in [0.4, 0.5) is 0 Å². The van der Waals surface area contributed by atoms with E-state index in [-0.39, 0.29) is 25.7 Å². The fourth-order valence-corrected chi connectivity index (χ4v) is 9.05. The molecule has 0 spiro atoms. The summed E-state index contributed by atoms with van der Waals surface area (Å²) in [5.74, 6) is 8.09. The fraction of sp³-hybridized carbons (Fsp3) is 0.0833. The zero-order chi connectivity index (χ0) is 38.9. The third kappa shape index (κ3) is 7.53. The zero-order valence-corrected chi connectivity index (χ0v) is 34.7. The van der Waals surface area contributed by atoms with Gasteiger partial charge in [0.25, 0.3) is 0 Å². The van der Waals surface area contributed by atoms with Crippen LogP contribution in [0.1, 0.15) is 9.68 Å². The van der Waals surface area contributed by atoms with Gasteiger partial charge >= 0.3 is 238 Å². The molecule has 1 radical (unpaired) electrons. The normalized spacial score (nSPS) is 12.2. The molecule has 6 aromatic carbocycles. The Morgan fingerprint density at radius 2 is 1.39 bits per heavy atom. The molecule has 6 heteroatoms. The summed E-state index contributed by atoms with van der Waals surface area (Å²) in [5.41, 5.74) is 11.2. The van der Waals surface area contributed by atoms with Crippen LogP contribution in [0.15, 0.2) is 168 Å². The first-order chi connectivity index (χ1) is 27.1. The maximum atomic E-state index is 7.23. The predicted molar refractivity (Wildman–Crippen MR) is 222 cm³/mol. The van der Waals surface area contributed by atoms with E-state index in [1.54, 1.807) is 18.2 Å². The number of fused-ring (bicyclic) bond motifs is 2. The summed E-state index contributed by atoms with van der Waals surface area (Å²) in [6.45, 7) is -2.09. The van der Waals surface area contributed by atoms with Crippen molar-refractivity contribution in [2.24, 2.45) is 0 Å². The topological polar surface area (TPSA) is 43.9 Å². The number of para-hydroxylation sites is 3. The van der Waals surface area contributed by atoms with Crippen LogP contribution in [0.2, 0.25) is 17.3 Å². The molecule has 0 aliphatic rings. The Bertz CT molecular complexity index is 2700. The molecular formula is C48H39GeIrN3O-2. The summed E-state index contributed by atoms with van der Waals surface area (Å²) in [7, 11) is 0. The van der Waals surface area contributed by atoms with E-state index in [2.05, 4.69) is 154 Å². The van der Waals surface area contributed by atoms with Crippen LogP contribution < -0.4 is 4.40 Å². The Kier molecular flexibility index (Phi) is 9.83. The number of aromatic nitrogens is 3. The number of hydrogen-bond acceptors (Lipinski definition) is 3. The number of pyridine rings is 1. The Hall–Kier alpha value is -5.33. The molecule has 0 unspecified atom stereocenters. The molecule has 0 amide bonds. The van der Waals surface area contributed by atoms with Crippen molar-refractivity contribution in [2.75, 3.05) is 0 Å². The molecule has 0 N–H and O–H groups in total. The quantitative estimate of drug-likeness (QED) is 0.123. The molecule has 3 aromatic heterocycles. The van der Waals surface area contributed by atoms with Gasteiger partial charge in [-0.3, -0.25) is 0 Å². The number of hydrogen-bond donors (Lipinski definition) is 0. The third-order valence-electron chi connectivity index (χ3n) is 9.34. The van der Waals surface area contributed by atoms with Crippen molar-refractivity contribution in [3.8, 4) is 50.6 Å². The molecule has 0 aliphatic carbocycles. The van der Waals surface area contributed by atoms with Crippen LogP contribution in [-0.2, 0) is 20.1 Å². The molecule has 9 aromatic rings. The van der Waals surface area contributed by atoms with Crippen LogP contribution in [-0.4, -0.2) is 27.8 Å². The maximum Gasteiger partial charge on any atom is 0 e. The Morgan fingerprint density at radius 3 is 2.02 bits per heavy atom. The van der Waals surface area contributed by atoms with Gasteiger partial charge in [-0.1, -0.05) is 12.1 Å². The van der Waals surface area contributed by atoms with Crippen LogP contribution in [0.3, 0.4) is 0 Å². The van der Waals surface area contributed by atoms with Crippen molar-refractivity contribution in [3.05, 3.63) is 182 Å². The Labute approximate surface area is 337 Å². The van der Waals surface area contributed by atoms with Crippen LogP contribution in [0.5, 0.6) is 0 Å². The fourth-order valence-electron chi connectivity index (χ4n) is 6.62. The predicted octanol–water partition coefficient (Wildman–Crippen LogP) is 12.0. The van der Waals surface area contributed by atoms with Crippen molar-refractivity contribution in [2.45, 2.75) is 24.1 Å². The summed E-state index contributed by atoms with van der Waals surface area (Å²) in [4.78, 5) is 9.35. The molecule has 9 rings (SSSR count). The van der Waals surface area contributed by atoms with E-state index in [9.17, 15) is 0 Å². The van der Waals surface area contributed by atoms with Crippen molar-refractivity contribution in [3.63, 3.8) is 0 Å². The van der Waals surface area contributed by atoms with Gasteiger partial charge in [0.1, 0.15) is 0 Å². The van der Waals surface area contributed by atoms with Crippen molar-refractivity contribution < 1.29 is 28.6 Å². The van der Waals surface area contributed by atoms with E-state index in [0.717, 1.165) is 72.6 Å². The minimum atomic E-state index is -2.09. The van der Waals surface area contributed by atoms with Gasteiger partial charge in [0.2, 0.25) is 0 Å². The molecule has 3 heterocycles. The third-order valence-corrected chi connectivity index (χ3v) is 13.6. The van der Waals surface area contributed by atoms with Crippen LogP contribution in [0.25, 0.3) is 72.6 Å². The largest absolute Gasteiger partial charge is 0 e. The van der Waals surface area contributed by atoms with Gasteiger partial charge in [0, 0.05) is 30.4 Å². The van der Waals surface area contributed by atoms with Crippen molar-refractivity contribution in [1.82, 2.24) is 14.5 Å². The number of imidazole rings is 1. The van der Waals surface area contributed by atoms with Gasteiger partial charge in [-0.15, -0.1) is 35.9 Å². The molecule has 267 valence electrons. The second kappa shape index (κ2) is 16.0. The molecule has 0 atom stereocenters. The first kappa shape index (κ1) is 33.3. The first-order valence-electron chi connectivity index (χ1n) is 19.2.